The molecule has 2 aromatic carbocycles. The van der Waals surface area contributed by atoms with Crippen LogP contribution in [0.4, 0.5) is 0 Å². The molecule has 288 valence electrons. The standard InChI is InChI=1S/C38H49N9O7/c1-22(2)18-28(34(50)45-46-40)42-36(52)32(23-12-7-6-8-13-23)44-35(51)30-16-11-17-47(30)37(53)29(20-31(48)54-38(3,4)5)43-33(49)26(39)19-24-21-41-27-15-10-9-14-25(24)27/h6-10,12-15,21-22,26,28-30,32,41H,11,16-20,39H2,1-5H3,(H,42,52)(H,43,49)(H,44,51)/t26-,28+,29-,30+,32-/m1/s1. The van der Waals surface area contributed by atoms with Gasteiger partial charge in [-0.15, -0.1) is 0 Å². The van der Waals surface area contributed by atoms with Crippen LogP contribution in [0.5, 0.6) is 0 Å². The Morgan fingerprint density at radius 1 is 0.981 bits per heavy atom. The van der Waals surface area contributed by atoms with Crippen molar-refractivity contribution in [1.29, 1.82) is 0 Å². The number of nitrogens with two attached hydrogens (primary N) is 1. The third kappa shape index (κ3) is 11.1. The molecule has 2 heterocycles. The zero-order chi connectivity index (χ0) is 39.6. The summed E-state index contributed by atoms with van der Waals surface area (Å²) in [6.45, 7) is 8.83. The van der Waals surface area contributed by atoms with Crippen LogP contribution in [0.15, 0.2) is 65.9 Å². The second kappa shape index (κ2) is 18.3. The monoisotopic (exact) mass is 743 g/mol. The number of hydrogen-bond acceptors (Lipinski definition) is 8. The van der Waals surface area contributed by atoms with E-state index in [1.807, 2.05) is 38.1 Å². The molecule has 0 bridgehead atoms. The number of rotatable bonds is 15. The maximum atomic E-state index is 14.2. The highest BCUT2D eigenvalue weighted by Crippen LogP contribution is 2.23. The van der Waals surface area contributed by atoms with E-state index >= 15 is 0 Å². The fourth-order valence-corrected chi connectivity index (χ4v) is 6.41. The summed E-state index contributed by atoms with van der Waals surface area (Å²) in [6, 6.07) is 9.91. The van der Waals surface area contributed by atoms with E-state index in [2.05, 4.69) is 31.0 Å². The minimum atomic E-state index is -1.41. The predicted octanol–water partition coefficient (Wildman–Crippen LogP) is 3.47. The minimum Gasteiger partial charge on any atom is -0.460 e. The zero-order valence-corrected chi connectivity index (χ0v) is 31.2. The van der Waals surface area contributed by atoms with Gasteiger partial charge >= 0.3 is 5.97 Å². The molecule has 6 N–H and O–H groups in total. The Hall–Kier alpha value is -5.73. The minimum absolute atomic E-state index is 0.0480. The van der Waals surface area contributed by atoms with Crippen LogP contribution in [0.3, 0.4) is 0 Å². The maximum Gasteiger partial charge on any atom is 0.308 e. The van der Waals surface area contributed by atoms with Gasteiger partial charge in [0.1, 0.15) is 23.7 Å². The average Bonchev–Trinajstić information content (AvgIpc) is 3.77. The SMILES string of the molecule is CC(C)C[C@H](NC(=O)[C@H](NC(=O)[C@@H]1CCCN1C(=O)[C@@H](CC(=O)OC(C)(C)C)NC(=O)[C@H](N)Cc1c[nH]c2ccccc12)c1ccccc1)C(=O)N=[N+]=[N-]. The molecular formula is C38H49N9O7. The highest BCUT2D eigenvalue weighted by atomic mass is 16.6. The molecular weight excluding hydrogens is 694 g/mol. The summed E-state index contributed by atoms with van der Waals surface area (Å²) in [5, 5.41) is 12.1. The molecule has 1 aliphatic heterocycles. The summed E-state index contributed by atoms with van der Waals surface area (Å²) >= 11 is 0. The highest BCUT2D eigenvalue weighted by Gasteiger charge is 2.41. The number of aromatic amines is 1. The topological polar surface area (TPSA) is 242 Å². The zero-order valence-electron chi connectivity index (χ0n) is 31.2. The van der Waals surface area contributed by atoms with Crippen LogP contribution in [-0.2, 0) is 39.9 Å². The van der Waals surface area contributed by atoms with Crippen molar-refractivity contribution in [2.75, 3.05) is 6.54 Å². The van der Waals surface area contributed by atoms with Gasteiger partial charge in [0.25, 0.3) is 0 Å². The van der Waals surface area contributed by atoms with Gasteiger partial charge in [-0.3, -0.25) is 28.8 Å². The van der Waals surface area contributed by atoms with Gasteiger partial charge in [0.05, 0.1) is 18.5 Å². The number of carbonyl (C=O) groups excluding carboxylic acids is 6. The number of nitrogens with one attached hydrogen (secondary N) is 4. The van der Waals surface area contributed by atoms with Crippen LogP contribution < -0.4 is 21.7 Å². The summed E-state index contributed by atoms with van der Waals surface area (Å²) in [7, 11) is 0. The van der Waals surface area contributed by atoms with Gasteiger partial charge < -0.3 is 36.3 Å². The van der Waals surface area contributed by atoms with Crippen LogP contribution in [0, 0.1) is 5.92 Å². The molecule has 1 saturated heterocycles. The van der Waals surface area contributed by atoms with Crippen molar-refractivity contribution in [3.05, 3.63) is 82.4 Å². The first-order valence-corrected chi connectivity index (χ1v) is 18.0. The predicted molar refractivity (Wildman–Crippen MR) is 200 cm³/mol. The van der Waals surface area contributed by atoms with E-state index in [1.54, 1.807) is 57.3 Å². The molecule has 0 saturated carbocycles. The smallest absolute Gasteiger partial charge is 0.308 e. The number of hydrogen-bond donors (Lipinski definition) is 5. The average molecular weight is 744 g/mol. The number of nitrogens with zero attached hydrogens (tertiary/aromatic N) is 4. The van der Waals surface area contributed by atoms with E-state index in [4.69, 9.17) is 16.0 Å². The van der Waals surface area contributed by atoms with E-state index in [-0.39, 0.29) is 31.7 Å². The normalized spacial score (nSPS) is 16.4. The number of H-pyrrole nitrogens is 1. The van der Waals surface area contributed by atoms with Crippen LogP contribution in [0.2, 0.25) is 0 Å². The third-order valence-electron chi connectivity index (χ3n) is 8.84. The fourth-order valence-electron chi connectivity index (χ4n) is 6.41. The molecule has 0 unspecified atom stereocenters. The first-order chi connectivity index (χ1) is 25.6. The number of likely N-dealkylation sites (tertiary alicyclic amines) is 1. The molecule has 1 aliphatic rings. The molecule has 0 radical (unpaired) electrons. The van der Waals surface area contributed by atoms with Crippen molar-refractivity contribution in [3.8, 4) is 0 Å². The molecule has 0 spiro atoms. The van der Waals surface area contributed by atoms with Gasteiger partial charge in [0, 0.05) is 28.6 Å². The molecule has 1 aromatic heterocycles. The lowest BCUT2D eigenvalue weighted by Gasteiger charge is -2.31. The quantitative estimate of drug-likeness (QED) is 0.0667. The lowest BCUT2D eigenvalue weighted by molar-refractivity contribution is -0.157. The van der Waals surface area contributed by atoms with Crippen molar-refractivity contribution in [2.24, 2.45) is 16.8 Å². The molecule has 16 nitrogen and oxygen atoms in total. The van der Waals surface area contributed by atoms with Crippen molar-refractivity contribution in [3.63, 3.8) is 0 Å². The molecule has 3 aromatic rings. The second-order valence-corrected chi connectivity index (χ2v) is 14.8. The van der Waals surface area contributed by atoms with Gasteiger partial charge in [0.15, 0.2) is 0 Å². The lowest BCUT2D eigenvalue weighted by Crippen LogP contribution is -2.57. The number of carbonyl (C=O) groups is 6. The van der Waals surface area contributed by atoms with Crippen molar-refractivity contribution in [1.82, 2.24) is 25.8 Å². The number of amides is 5. The van der Waals surface area contributed by atoms with Gasteiger partial charge in [-0.2, -0.15) is 0 Å². The lowest BCUT2D eigenvalue weighted by atomic mass is 10.0. The Morgan fingerprint density at radius 3 is 2.31 bits per heavy atom. The molecule has 54 heavy (non-hydrogen) atoms. The first kappa shape index (κ1) is 41.0. The summed E-state index contributed by atoms with van der Waals surface area (Å²) in [5.41, 5.74) is 16.4. The number of esters is 1. The Balaban J connectivity index is 1.55. The van der Waals surface area contributed by atoms with Crippen LogP contribution >= 0.6 is 0 Å². The fraction of sp³-hybridized carbons (Fsp3) is 0.474. The molecule has 1 fully saturated rings. The molecule has 5 atom stereocenters. The number of ether oxygens (including phenoxy) is 1. The first-order valence-electron chi connectivity index (χ1n) is 18.0. The number of para-hydroxylation sites is 1. The highest BCUT2D eigenvalue weighted by molar-refractivity contribution is 5.98. The summed E-state index contributed by atoms with van der Waals surface area (Å²) < 4.78 is 5.48. The van der Waals surface area contributed by atoms with Crippen molar-refractivity contribution in [2.45, 2.75) is 103 Å². The summed E-state index contributed by atoms with van der Waals surface area (Å²) in [6.07, 6.45) is 2.24. The van der Waals surface area contributed by atoms with E-state index in [1.165, 1.54) is 4.90 Å². The number of benzene rings is 2. The van der Waals surface area contributed by atoms with Gasteiger partial charge in [0.2, 0.25) is 29.5 Å². The number of fused-ring (bicyclic) bond motifs is 1. The molecule has 0 aliphatic carbocycles. The largest absolute Gasteiger partial charge is 0.460 e. The van der Waals surface area contributed by atoms with Gasteiger partial charge in [-0.05, 0) is 80.2 Å². The van der Waals surface area contributed by atoms with Crippen molar-refractivity contribution >= 4 is 46.4 Å². The van der Waals surface area contributed by atoms with Crippen LogP contribution in [-0.4, -0.2) is 81.7 Å². The van der Waals surface area contributed by atoms with E-state index in [0.717, 1.165) is 16.5 Å². The van der Waals surface area contributed by atoms with Crippen LogP contribution in [0.1, 0.15) is 77.5 Å². The van der Waals surface area contributed by atoms with Gasteiger partial charge in [-0.1, -0.05) is 62.4 Å². The van der Waals surface area contributed by atoms with E-state index in [9.17, 15) is 28.8 Å². The molecule has 5 amide bonds. The summed E-state index contributed by atoms with van der Waals surface area (Å²) in [4.78, 5) is 88.0. The number of azide groups is 1. The molecule has 4 rings (SSSR count). The second-order valence-electron chi connectivity index (χ2n) is 14.8. The Kier molecular flexibility index (Phi) is 13.9. The van der Waals surface area contributed by atoms with E-state index in [0.29, 0.717) is 12.0 Å². The third-order valence-corrected chi connectivity index (χ3v) is 8.84. The Bertz CT molecular complexity index is 1880. The van der Waals surface area contributed by atoms with Gasteiger partial charge in [-0.25, -0.2) is 0 Å². The van der Waals surface area contributed by atoms with E-state index < -0.39 is 77.7 Å². The Labute approximate surface area is 313 Å². The maximum absolute atomic E-state index is 14.2. The Morgan fingerprint density at radius 2 is 1.65 bits per heavy atom. The number of aromatic nitrogens is 1. The summed E-state index contributed by atoms with van der Waals surface area (Å²) in [5.74, 6) is -4.41. The van der Waals surface area contributed by atoms with Crippen molar-refractivity contribution < 1.29 is 33.5 Å². The molecule has 16 heteroatoms. The van der Waals surface area contributed by atoms with Crippen LogP contribution in [0.25, 0.3) is 21.3 Å².